The number of alkyl halides is 13. The van der Waals surface area contributed by atoms with E-state index in [0.717, 1.165) is 0 Å². The smallest absolute Gasteiger partial charge is 0.381 e. The molecule has 0 radical (unpaired) electrons. The molecule has 0 fully saturated rings. The Kier molecular flexibility index (Phi) is 6.31. The number of benzene rings is 1. The third kappa shape index (κ3) is 3.78. The Morgan fingerprint density at radius 3 is 1.66 bits per heavy atom. The molecule has 1 aromatic carbocycles. The second kappa shape index (κ2) is 7.83. The number of aliphatic imine (C=N–C) groups is 1. The maximum Gasteiger partial charge on any atom is 0.460 e. The fourth-order valence-electron chi connectivity index (χ4n) is 2.52. The maximum absolute atomic E-state index is 14.4. The predicted octanol–water partition coefficient (Wildman–Crippen LogP) is 5.70. The SMILES string of the molecule is FC(F)(F)C(F)(F)C(F)(F)C(F)(F)C(F)(F)C(F)(F)C1=CC(c2ccccc2)=NCCN1. The molecule has 180 valence electrons. The van der Waals surface area contributed by atoms with Crippen LogP contribution in [0.15, 0.2) is 47.1 Å². The average Bonchev–Trinajstić information content (AvgIpc) is 2.94. The van der Waals surface area contributed by atoms with E-state index in [1.165, 1.54) is 30.3 Å². The van der Waals surface area contributed by atoms with Gasteiger partial charge in [-0.05, 0) is 11.6 Å². The van der Waals surface area contributed by atoms with Crippen LogP contribution in [0.2, 0.25) is 0 Å². The summed E-state index contributed by atoms with van der Waals surface area (Å²) in [4.78, 5) is 3.72. The minimum Gasteiger partial charge on any atom is -0.381 e. The summed E-state index contributed by atoms with van der Waals surface area (Å²) in [6.45, 7) is -1.08. The third-order valence-electron chi connectivity index (χ3n) is 4.33. The third-order valence-corrected chi connectivity index (χ3v) is 4.33. The first-order valence-electron chi connectivity index (χ1n) is 8.34. The Morgan fingerprint density at radius 2 is 1.16 bits per heavy atom. The van der Waals surface area contributed by atoms with Crippen molar-refractivity contribution >= 4 is 5.71 Å². The van der Waals surface area contributed by atoms with Crippen molar-refractivity contribution in [3.63, 3.8) is 0 Å². The van der Waals surface area contributed by atoms with Gasteiger partial charge in [0.05, 0.1) is 18.0 Å². The second-order valence-electron chi connectivity index (χ2n) is 6.49. The molecule has 0 bridgehead atoms. The lowest BCUT2D eigenvalue weighted by atomic mass is 9.92. The van der Waals surface area contributed by atoms with Crippen molar-refractivity contribution in [1.29, 1.82) is 0 Å². The highest BCUT2D eigenvalue weighted by atomic mass is 19.4. The molecule has 0 amide bonds. The van der Waals surface area contributed by atoms with E-state index < -0.39 is 53.7 Å². The number of allylic oxidation sites excluding steroid dienone is 2. The van der Waals surface area contributed by atoms with Crippen molar-refractivity contribution in [1.82, 2.24) is 5.32 Å². The van der Waals surface area contributed by atoms with E-state index in [1.807, 2.05) is 0 Å². The second-order valence-corrected chi connectivity index (χ2v) is 6.49. The van der Waals surface area contributed by atoms with Crippen LogP contribution < -0.4 is 5.32 Å². The van der Waals surface area contributed by atoms with Gasteiger partial charge >= 0.3 is 35.8 Å². The van der Waals surface area contributed by atoms with Crippen LogP contribution in [-0.2, 0) is 0 Å². The summed E-state index contributed by atoms with van der Waals surface area (Å²) in [5, 5.41) is 1.55. The van der Waals surface area contributed by atoms with E-state index in [0.29, 0.717) is 0 Å². The zero-order valence-corrected chi connectivity index (χ0v) is 15.2. The minimum absolute atomic E-state index is 0.00788. The van der Waals surface area contributed by atoms with Gasteiger partial charge in [-0.15, -0.1) is 0 Å². The highest BCUT2D eigenvalue weighted by Gasteiger charge is 2.91. The van der Waals surface area contributed by atoms with E-state index in [2.05, 4.69) is 4.99 Å². The van der Waals surface area contributed by atoms with Crippen LogP contribution in [0.25, 0.3) is 0 Å². The van der Waals surface area contributed by atoms with Gasteiger partial charge in [0.1, 0.15) is 0 Å². The maximum atomic E-state index is 14.4. The van der Waals surface area contributed by atoms with Crippen LogP contribution in [0.1, 0.15) is 5.56 Å². The number of nitrogens with one attached hydrogen (secondary N) is 1. The number of hydrogen-bond donors (Lipinski definition) is 1. The molecule has 1 aromatic rings. The van der Waals surface area contributed by atoms with Crippen LogP contribution in [-0.4, -0.2) is 54.6 Å². The zero-order chi connectivity index (χ0) is 24.8. The summed E-state index contributed by atoms with van der Waals surface area (Å²) in [7, 11) is 0. The molecule has 0 aromatic heterocycles. The van der Waals surface area contributed by atoms with Crippen LogP contribution >= 0.6 is 0 Å². The molecule has 1 aliphatic rings. The largest absolute Gasteiger partial charge is 0.460 e. The summed E-state index contributed by atoms with van der Waals surface area (Å²) in [6, 6.07) is 6.63. The molecule has 0 unspecified atom stereocenters. The molecule has 32 heavy (non-hydrogen) atoms. The zero-order valence-electron chi connectivity index (χ0n) is 15.2. The number of nitrogens with zero attached hydrogens (tertiary/aromatic N) is 1. The fraction of sp³-hybridized carbons (Fsp3) is 0.471. The lowest BCUT2D eigenvalue weighted by molar-refractivity contribution is -0.437. The Bertz CT molecular complexity index is 885. The van der Waals surface area contributed by atoms with Crippen LogP contribution in [0.3, 0.4) is 0 Å². The van der Waals surface area contributed by atoms with Crippen LogP contribution in [0, 0.1) is 0 Å². The number of halogens is 13. The highest BCUT2D eigenvalue weighted by molar-refractivity contribution is 6.09. The Morgan fingerprint density at radius 1 is 0.656 bits per heavy atom. The predicted molar refractivity (Wildman–Crippen MR) is 84.7 cm³/mol. The van der Waals surface area contributed by atoms with Gasteiger partial charge in [0, 0.05) is 6.54 Å². The molecule has 1 heterocycles. The molecule has 0 spiro atoms. The number of hydrogen-bond acceptors (Lipinski definition) is 2. The first-order chi connectivity index (χ1) is 14.3. The summed E-state index contributed by atoms with van der Waals surface area (Å²) < 4.78 is 173. The lowest BCUT2D eigenvalue weighted by Gasteiger charge is -2.40. The van der Waals surface area contributed by atoms with Crippen molar-refractivity contribution in [2.75, 3.05) is 13.1 Å². The van der Waals surface area contributed by atoms with Gasteiger partial charge in [0.15, 0.2) is 0 Å². The first kappa shape index (κ1) is 25.8. The molecule has 0 atom stereocenters. The normalized spacial score (nSPS) is 17.3. The van der Waals surface area contributed by atoms with E-state index in [9.17, 15) is 57.1 Å². The molecule has 0 saturated heterocycles. The van der Waals surface area contributed by atoms with Crippen molar-refractivity contribution in [3.05, 3.63) is 47.7 Å². The van der Waals surface area contributed by atoms with Gasteiger partial charge in [0.2, 0.25) is 0 Å². The van der Waals surface area contributed by atoms with Crippen molar-refractivity contribution in [2.45, 2.75) is 35.8 Å². The van der Waals surface area contributed by atoms with Gasteiger partial charge in [0.25, 0.3) is 0 Å². The Hall–Kier alpha value is -2.48. The van der Waals surface area contributed by atoms with Gasteiger partial charge in [-0.25, -0.2) is 0 Å². The lowest BCUT2D eigenvalue weighted by Crippen LogP contribution is -2.70. The van der Waals surface area contributed by atoms with Crippen LogP contribution in [0.5, 0.6) is 0 Å². The molecule has 2 nitrogen and oxygen atoms in total. The Labute approximate surface area is 170 Å². The Balaban J connectivity index is 2.58. The fourth-order valence-corrected chi connectivity index (χ4v) is 2.52. The topological polar surface area (TPSA) is 24.4 Å². The van der Waals surface area contributed by atoms with Crippen molar-refractivity contribution < 1.29 is 57.1 Å². The van der Waals surface area contributed by atoms with E-state index in [1.54, 1.807) is 5.32 Å². The van der Waals surface area contributed by atoms with Crippen LogP contribution in [0.4, 0.5) is 57.1 Å². The summed E-state index contributed by atoms with van der Waals surface area (Å²) in [6.07, 6.45) is -7.36. The molecule has 0 saturated carbocycles. The minimum atomic E-state index is -7.94. The number of rotatable bonds is 6. The van der Waals surface area contributed by atoms with E-state index in [4.69, 9.17) is 0 Å². The highest BCUT2D eigenvalue weighted by Crippen LogP contribution is 2.61. The molecule has 1 aliphatic heterocycles. The first-order valence-corrected chi connectivity index (χ1v) is 8.34. The summed E-state index contributed by atoms with van der Waals surface area (Å²) >= 11 is 0. The van der Waals surface area contributed by atoms with E-state index >= 15 is 0 Å². The van der Waals surface area contributed by atoms with Gasteiger partial charge < -0.3 is 5.32 Å². The molecule has 1 N–H and O–H groups in total. The molecule has 2 rings (SSSR count). The van der Waals surface area contributed by atoms with Crippen molar-refractivity contribution in [2.24, 2.45) is 4.99 Å². The van der Waals surface area contributed by atoms with E-state index in [-0.39, 0.29) is 18.2 Å². The molecule has 0 aliphatic carbocycles. The summed E-state index contributed by atoms with van der Waals surface area (Å²) in [5.41, 5.74) is -2.61. The molecular formula is C17H11F13N2. The summed E-state index contributed by atoms with van der Waals surface area (Å²) in [5.74, 6) is -37.3. The monoisotopic (exact) mass is 490 g/mol. The van der Waals surface area contributed by atoms with Gasteiger partial charge in [-0.2, -0.15) is 57.1 Å². The standard InChI is InChI=1S/C17H11F13N2/c18-12(19,11-8-10(31-6-7-32-11)9-4-2-1-3-5-9)13(20,21)14(22,23)15(24,25)16(26,27)17(28,29)30/h1-5,8,32H,6-7H2. The quantitative estimate of drug-likeness (QED) is 0.509. The van der Waals surface area contributed by atoms with Crippen molar-refractivity contribution in [3.8, 4) is 0 Å². The van der Waals surface area contributed by atoms with Gasteiger partial charge in [-0.3, -0.25) is 4.99 Å². The van der Waals surface area contributed by atoms with Gasteiger partial charge in [-0.1, -0.05) is 30.3 Å². The molecule has 15 heteroatoms. The average molecular weight is 490 g/mol. The molecular weight excluding hydrogens is 479 g/mol.